The van der Waals surface area contributed by atoms with Gasteiger partial charge in [-0.05, 0) is 59.9 Å². The number of thiophene rings is 1. The van der Waals surface area contributed by atoms with Crippen LogP contribution in [0.2, 0.25) is 0 Å². The van der Waals surface area contributed by atoms with Crippen LogP contribution in [0.5, 0.6) is 0 Å². The first-order chi connectivity index (χ1) is 12.4. The minimum atomic E-state index is -3.56. The second-order valence-electron chi connectivity index (χ2n) is 6.74. The molecular formula is C19H24N2O3S2. The lowest BCUT2D eigenvalue weighted by Gasteiger charge is -2.27. The van der Waals surface area contributed by atoms with Crippen LogP contribution in [0.3, 0.4) is 0 Å². The molecule has 1 aromatic heterocycles. The zero-order valence-electron chi connectivity index (χ0n) is 15.1. The fraction of sp³-hybridized carbons (Fsp3) is 0.421. The second-order valence-corrected chi connectivity index (χ2v) is 9.42. The molecule has 2 heterocycles. The van der Waals surface area contributed by atoms with Crippen molar-refractivity contribution >= 4 is 27.3 Å². The predicted molar refractivity (Wildman–Crippen MR) is 104 cm³/mol. The molecule has 0 bridgehead atoms. The van der Waals surface area contributed by atoms with E-state index in [2.05, 4.69) is 0 Å². The molecule has 7 heteroatoms. The average Bonchev–Trinajstić information content (AvgIpc) is 3.15. The van der Waals surface area contributed by atoms with Crippen molar-refractivity contribution in [3.63, 3.8) is 0 Å². The first-order valence-corrected chi connectivity index (χ1v) is 11.2. The van der Waals surface area contributed by atoms with Gasteiger partial charge in [-0.3, -0.25) is 4.79 Å². The molecule has 140 valence electrons. The van der Waals surface area contributed by atoms with E-state index >= 15 is 0 Å². The van der Waals surface area contributed by atoms with Crippen LogP contribution in [0.15, 0.2) is 39.9 Å². The fourth-order valence-electron chi connectivity index (χ4n) is 3.20. The van der Waals surface area contributed by atoms with E-state index in [1.807, 2.05) is 16.8 Å². The van der Waals surface area contributed by atoms with E-state index in [1.54, 1.807) is 46.6 Å². The smallest absolute Gasteiger partial charge is 0.253 e. The van der Waals surface area contributed by atoms with Gasteiger partial charge in [0.25, 0.3) is 5.91 Å². The van der Waals surface area contributed by atoms with Crippen molar-refractivity contribution in [2.24, 2.45) is 0 Å². The van der Waals surface area contributed by atoms with E-state index in [1.165, 1.54) is 6.07 Å². The van der Waals surface area contributed by atoms with Gasteiger partial charge in [0.1, 0.15) is 0 Å². The molecule has 1 fully saturated rings. The molecule has 0 aliphatic carbocycles. The highest BCUT2D eigenvalue weighted by Gasteiger charge is 2.28. The molecule has 0 saturated carbocycles. The van der Waals surface area contributed by atoms with Crippen molar-refractivity contribution < 1.29 is 13.2 Å². The number of nitrogens with zero attached hydrogens (tertiary/aromatic N) is 2. The molecule has 0 spiro atoms. The zero-order valence-corrected chi connectivity index (χ0v) is 16.8. The molecule has 1 aliphatic rings. The van der Waals surface area contributed by atoms with Gasteiger partial charge in [0, 0.05) is 32.2 Å². The van der Waals surface area contributed by atoms with Crippen LogP contribution in [0, 0.1) is 6.92 Å². The number of rotatable bonds is 5. The number of hydrogen-bond donors (Lipinski definition) is 0. The topological polar surface area (TPSA) is 57.7 Å². The first-order valence-electron chi connectivity index (χ1n) is 8.77. The molecule has 0 unspecified atom stereocenters. The Bertz CT molecular complexity index is 870. The van der Waals surface area contributed by atoms with Crippen LogP contribution in [-0.4, -0.2) is 43.7 Å². The van der Waals surface area contributed by atoms with Crippen molar-refractivity contribution in [3.8, 4) is 0 Å². The number of piperidine rings is 1. The van der Waals surface area contributed by atoms with Crippen molar-refractivity contribution in [2.75, 3.05) is 20.1 Å². The van der Waals surface area contributed by atoms with Gasteiger partial charge in [-0.25, -0.2) is 8.42 Å². The maximum Gasteiger partial charge on any atom is 0.253 e. The lowest BCUT2D eigenvalue weighted by Crippen LogP contribution is -2.36. The second kappa shape index (κ2) is 7.90. The number of amides is 1. The number of benzene rings is 1. The maximum absolute atomic E-state index is 13.0. The number of aryl methyl sites for hydroxylation is 1. The standard InChI is InChI=1S/C19H24N2O3S2/c1-15-6-7-17(19(22)20(2)13-16-8-11-25-14-16)12-18(15)26(23,24)21-9-4-3-5-10-21/h6-8,11-12,14H,3-5,9-10,13H2,1-2H3. The number of hydrogen-bond acceptors (Lipinski definition) is 4. The van der Waals surface area contributed by atoms with Gasteiger partial charge in [-0.1, -0.05) is 12.5 Å². The Hall–Kier alpha value is -1.70. The normalized spacial score (nSPS) is 15.8. The van der Waals surface area contributed by atoms with Crippen LogP contribution in [0.1, 0.15) is 40.7 Å². The molecule has 0 N–H and O–H groups in total. The van der Waals surface area contributed by atoms with E-state index in [0.29, 0.717) is 30.8 Å². The average molecular weight is 393 g/mol. The monoisotopic (exact) mass is 392 g/mol. The highest BCUT2D eigenvalue weighted by molar-refractivity contribution is 7.89. The highest BCUT2D eigenvalue weighted by Crippen LogP contribution is 2.25. The van der Waals surface area contributed by atoms with Gasteiger partial charge in [0.2, 0.25) is 10.0 Å². The largest absolute Gasteiger partial charge is 0.337 e. The third kappa shape index (κ3) is 4.00. The summed E-state index contributed by atoms with van der Waals surface area (Å²) in [6.45, 7) is 3.39. The number of carbonyl (C=O) groups excluding carboxylic acids is 1. The summed E-state index contributed by atoms with van der Waals surface area (Å²) in [6, 6.07) is 6.95. The van der Waals surface area contributed by atoms with Crippen molar-refractivity contribution in [3.05, 3.63) is 51.7 Å². The van der Waals surface area contributed by atoms with Crippen molar-refractivity contribution in [1.82, 2.24) is 9.21 Å². The van der Waals surface area contributed by atoms with Gasteiger partial charge >= 0.3 is 0 Å². The van der Waals surface area contributed by atoms with Gasteiger partial charge in [-0.2, -0.15) is 15.6 Å². The molecule has 5 nitrogen and oxygen atoms in total. The quantitative estimate of drug-likeness (QED) is 0.782. The minimum absolute atomic E-state index is 0.175. The molecular weight excluding hydrogens is 368 g/mol. The Balaban J connectivity index is 1.86. The van der Waals surface area contributed by atoms with E-state index in [-0.39, 0.29) is 10.8 Å². The molecule has 3 rings (SSSR count). The molecule has 0 atom stereocenters. The predicted octanol–water partition coefficient (Wildman–Crippen LogP) is 3.50. The Labute approximate surface area is 159 Å². The van der Waals surface area contributed by atoms with Crippen LogP contribution >= 0.6 is 11.3 Å². The Morgan fingerprint density at radius 1 is 1.19 bits per heavy atom. The summed E-state index contributed by atoms with van der Waals surface area (Å²) >= 11 is 1.59. The van der Waals surface area contributed by atoms with Crippen LogP contribution in [0.4, 0.5) is 0 Å². The fourth-order valence-corrected chi connectivity index (χ4v) is 5.63. The lowest BCUT2D eigenvalue weighted by molar-refractivity contribution is 0.0785. The van der Waals surface area contributed by atoms with E-state index in [9.17, 15) is 13.2 Å². The first kappa shape index (κ1) is 19.1. The molecule has 1 amide bonds. The van der Waals surface area contributed by atoms with Crippen LogP contribution in [-0.2, 0) is 16.6 Å². The third-order valence-corrected chi connectivity index (χ3v) is 7.49. The molecule has 1 saturated heterocycles. The molecule has 26 heavy (non-hydrogen) atoms. The van der Waals surface area contributed by atoms with Gasteiger partial charge in [0.05, 0.1) is 4.90 Å². The SMILES string of the molecule is Cc1ccc(C(=O)N(C)Cc2ccsc2)cc1S(=O)(=O)N1CCCCC1. The molecule has 1 aromatic carbocycles. The summed E-state index contributed by atoms with van der Waals surface area (Å²) in [5.74, 6) is -0.175. The lowest BCUT2D eigenvalue weighted by atomic mass is 10.1. The number of carbonyl (C=O) groups is 1. The van der Waals surface area contributed by atoms with Crippen molar-refractivity contribution in [1.29, 1.82) is 0 Å². The Kier molecular flexibility index (Phi) is 5.79. The molecule has 0 radical (unpaired) electrons. The van der Waals surface area contributed by atoms with Crippen LogP contribution < -0.4 is 0 Å². The molecule has 1 aliphatic heterocycles. The van der Waals surface area contributed by atoms with E-state index in [0.717, 1.165) is 24.8 Å². The van der Waals surface area contributed by atoms with Crippen molar-refractivity contribution in [2.45, 2.75) is 37.6 Å². The molecule has 2 aromatic rings. The summed E-state index contributed by atoms with van der Waals surface area (Å²) in [4.78, 5) is 14.6. The van der Waals surface area contributed by atoms with E-state index in [4.69, 9.17) is 0 Å². The zero-order chi connectivity index (χ0) is 18.7. The summed E-state index contributed by atoms with van der Waals surface area (Å²) < 4.78 is 27.6. The summed E-state index contributed by atoms with van der Waals surface area (Å²) in [7, 11) is -1.83. The summed E-state index contributed by atoms with van der Waals surface area (Å²) in [5.41, 5.74) is 2.15. The number of sulfonamides is 1. The Morgan fingerprint density at radius 3 is 2.58 bits per heavy atom. The van der Waals surface area contributed by atoms with Gasteiger partial charge in [0.15, 0.2) is 0 Å². The van der Waals surface area contributed by atoms with Gasteiger partial charge in [-0.15, -0.1) is 0 Å². The Morgan fingerprint density at radius 2 is 1.92 bits per heavy atom. The highest BCUT2D eigenvalue weighted by atomic mass is 32.2. The third-order valence-electron chi connectivity index (χ3n) is 4.71. The minimum Gasteiger partial charge on any atom is -0.337 e. The van der Waals surface area contributed by atoms with E-state index < -0.39 is 10.0 Å². The van der Waals surface area contributed by atoms with Gasteiger partial charge < -0.3 is 4.90 Å². The summed E-state index contributed by atoms with van der Waals surface area (Å²) in [5, 5.41) is 3.98. The maximum atomic E-state index is 13.0. The van der Waals surface area contributed by atoms with Crippen LogP contribution in [0.25, 0.3) is 0 Å². The summed E-state index contributed by atoms with van der Waals surface area (Å²) in [6.07, 6.45) is 2.84.